The molecule has 0 N–H and O–H groups in total. The van der Waals surface area contributed by atoms with E-state index in [1.54, 1.807) is 0 Å². The molecule has 0 atom stereocenters. The number of rotatable bonds is 0. The van der Waals surface area contributed by atoms with E-state index >= 15 is 0 Å². The van der Waals surface area contributed by atoms with Crippen LogP contribution in [-0.2, 0) is 6.42 Å². The molecule has 25 heavy (non-hydrogen) atoms. The van der Waals surface area contributed by atoms with E-state index < -0.39 is 0 Å². The van der Waals surface area contributed by atoms with Gasteiger partial charge >= 0.3 is 0 Å². The molecule has 0 radical (unpaired) electrons. The minimum atomic E-state index is 0.0521. The van der Waals surface area contributed by atoms with E-state index in [1.807, 2.05) is 60.7 Å². The minimum Gasteiger partial charge on any atom is -0.289 e. The normalized spacial score (nSPS) is 13.6. The van der Waals surface area contributed by atoms with Gasteiger partial charge in [-0.25, -0.2) is 0 Å². The van der Waals surface area contributed by atoms with Crippen molar-refractivity contribution in [3.8, 4) is 11.1 Å². The Hall–Kier alpha value is -3.26. The highest BCUT2D eigenvalue weighted by Crippen LogP contribution is 2.44. The topological polar surface area (TPSA) is 34.1 Å². The zero-order valence-electron chi connectivity index (χ0n) is 13.3. The van der Waals surface area contributed by atoms with E-state index in [-0.39, 0.29) is 10.9 Å². The van der Waals surface area contributed by atoms with Gasteiger partial charge < -0.3 is 0 Å². The van der Waals surface area contributed by atoms with Crippen LogP contribution in [-0.4, -0.2) is 0 Å². The fourth-order valence-electron chi connectivity index (χ4n) is 4.54. The molecule has 2 nitrogen and oxygen atoms in total. The van der Waals surface area contributed by atoms with Crippen LogP contribution in [0.3, 0.4) is 0 Å². The lowest BCUT2D eigenvalue weighted by molar-refractivity contribution is 1.27. The average molecular weight is 320 g/mol. The van der Waals surface area contributed by atoms with Crippen LogP contribution in [0.15, 0.2) is 64.2 Å². The smallest absolute Gasteiger partial charge is 0.194 e. The van der Waals surface area contributed by atoms with Crippen LogP contribution in [0.5, 0.6) is 0 Å². The first-order valence-electron chi connectivity index (χ1n) is 8.44. The molecule has 0 bridgehead atoms. The van der Waals surface area contributed by atoms with Crippen LogP contribution >= 0.6 is 0 Å². The van der Waals surface area contributed by atoms with Crippen molar-refractivity contribution in [2.75, 3.05) is 0 Å². The lowest BCUT2D eigenvalue weighted by atomic mass is 9.81. The first-order chi connectivity index (χ1) is 12.3. The molecule has 116 valence electrons. The van der Waals surface area contributed by atoms with E-state index in [4.69, 9.17) is 0 Å². The number of hydrogen-bond acceptors (Lipinski definition) is 2. The number of benzene rings is 5. The van der Waals surface area contributed by atoms with Crippen LogP contribution in [0.2, 0.25) is 0 Å². The first-order valence-corrected chi connectivity index (χ1v) is 8.44. The predicted molar refractivity (Wildman–Crippen MR) is 103 cm³/mol. The molecule has 0 saturated heterocycles. The van der Waals surface area contributed by atoms with Crippen molar-refractivity contribution >= 4 is 38.4 Å². The quantitative estimate of drug-likeness (QED) is 0.313. The third-order valence-corrected chi connectivity index (χ3v) is 5.57. The van der Waals surface area contributed by atoms with E-state index in [2.05, 4.69) is 0 Å². The first kappa shape index (κ1) is 13.1. The maximum absolute atomic E-state index is 13.2. The molecule has 3 aromatic carbocycles. The highest BCUT2D eigenvalue weighted by atomic mass is 16.1. The Morgan fingerprint density at radius 2 is 1.48 bits per heavy atom. The van der Waals surface area contributed by atoms with Gasteiger partial charge in [0.25, 0.3) is 0 Å². The number of hydrogen-bond donors (Lipinski definition) is 0. The summed E-state index contributed by atoms with van der Waals surface area (Å²) in [5.41, 5.74) is 3.90. The number of allylic oxidation sites excluding steroid dienone is 1. The Morgan fingerprint density at radius 3 is 2.36 bits per heavy atom. The van der Waals surface area contributed by atoms with Gasteiger partial charge in [-0.05, 0) is 29.0 Å². The largest absolute Gasteiger partial charge is 0.289 e. The Morgan fingerprint density at radius 1 is 0.680 bits per heavy atom. The SMILES string of the molecule is O=c1c2ccc3cccc4c(=O)c5c(c6c(cccc16)C=CC5)-c2c34. The highest BCUT2D eigenvalue weighted by Gasteiger charge is 2.26. The van der Waals surface area contributed by atoms with E-state index in [0.29, 0.717) is 17.2 Å². The van der Waals surface area contributed by atoms with Crippen molar-refractivity contribution in [2.45, 2.75) is 6.42 Å². The van der Waals surface area contributed by atoms with Crippen LogP contribution < -0.4 is 10.9 Å². The average Bonchev–Trinajstić information content (AvgIpc) is 2.84. The molecule has 2 heteroatoms. The fraction of sp³-hybridized carbons (Fsp3) is 0.0435. The second-order valence-electron chi connectivity index (χ2n) is 6.78. The third kappa shape index (κ3) is 1.42. The maximum atomic E-state index is 13.2. The van der Waals surface area contributed by atoms with Gasteiger partial charge in [-0.2, -0.15) is 0 Å². The van der Waals surface area contributed by atoms with Crippen LogP contribution in [0.25, 0.3) is 49.5 Å². The minimum absolute atomic E-state index is 0.0521. The molecule has 0 fully saturated rings. The molecule has 6 rings (SSSR count). The summed E-state index contributed by atoms with van der Waals surface area (Å²) in [6, 6.07) is 15.5. The van der Waals surface area contributed by atoms with Crippen LogP contribution in [0, 0.1) is 0 Å². The van der Waals surface area contributed by atoms with Gasteiger partial charge in [-0.15, -0.1) is 0 Å². The Labute approximate surface area is 142 Å². The molecule has 0 aromatic heterocycles. The maximum Gasteiger partial charge on any atom is 0.194 e. The molecular weight excluding hydrogens is 308 g/mol. The summed E-state index contributed by atoms with van der Waals surface area (Å²) in [6.07, 6.45) is 4.67. The second kappa shape index (κ2) is 4.22. The summed E-state index contributed by atoms with van der Waals surface area (Å²) in [7, 11) is 0. The summed E-state index contributed by atoms with van der Waals surface area (Å²) in [5.74, 6) is 0. The molecule has 0 amide bonds. The second-order valence-corrected chi connectivity index (χ2v) is 6.78. The summed E-state index contributed by atoms with van der Waals surface area (Å²) in [4.78, 5) is 26.4. The molecule has 3 aliphatic carbocycles. The van der Waals surface area contributed by atoms with E-state index in [0.717, 1.165) is 43.8 Å². The summed E-state index contributed by atoms with van der Waals surface area (Å²) >= 11 is 0. The lowest BCUT2D eigenvalue weighted by Gasteiger charge is -2.20. The van der Waals surface area contributed by atoms with Gasteiger partial charge in [0.15, 0.2) is 10.9 Å². The molecular formula is C23H12O2. The summed E-state index contributed by atoms with van der Waals surface area (Å²) in [5, 5.41) is 5.01. The molecule has 0 unspecified atom stereocenters. The molecule has 0 saturated carbocycles. The van der Waals surface area contributed by atoms with Crippen molar-refractivity contribution in [3.05, 3.63) is 86.2 Å². The molecule has 0 heterocycles. The molecule has 3 aromatic rings. The lowest BCUT2D eigenvalue weighted by Crippen LogP contribution is -2.16. The van der Waals surface area contributed by atoms with Gasteiger partial charge in [0.2, 0.25) is 0 Å². The Balaban J connectivity index is 2.14. The molecule has 0 spiro atoms. The van der Waals surface area contributed by atoms with Crippen molar-refractivity contribution < 1.29 is 0 Å². The predicted octanol–water partition coefficient (Wildman–Crippen LogP) is 4.42. The zero-order chi connectivity index (χ0) is 16.7. The van der Waals surface area contributed by atoms with E-state index in [9.17, 15) is 9.59 Å². The molecule has 3 aliphatic rings. The van der Waals surface area contributed by atoms with Crippen LogP contribution in [0.4, 0.5) is 0 Å². The monoisotopic (exact) mass is 320 g/mol. The zero-order valence-corrected chi connectivity index (χ0v) is 13.3. The van der Waals surface area contributed by atoms with Gasteiger partial charge in [0.05, 0.1) is 0 Å². The standard InChI is InChI=1S/C23H12O2/c24-22-15-8-3-6-13-10-11-17-21(19(13)15)20-16(22)9-2-5-12-4-1-7-14(18(12)20)23(17)25/h1-8,10-11H,9H2. The van der Waals surface area contributed by atoms with Gasteiger partial charge in [0, 0.05) is 38.1 Å². The summed E-state index contributed by atoms with van der Waals surface area (Å²) < 4.78 is 0. The molecule has 0 aliphatic heterocycles. The van der Waals surface area contributed by atoms with Gasteiger partial charge in [-0.1, -0.05) is 54.6 Å². The third-order valence-electron chi connectivity index (χ3n) is 5.57. The highest BCUT2D eigenvalue weighted by molar-refractivity contribution is 6.22. The fourth-order valence-corrected chi connectivity index (χ4v) is 4.54. The van der Waals surface area contributed by atoms with E-state index in [1.165, 1.54) is 0 Å². The van der Waals surface area contributed by atoms with Gasteiger partial charge in [-0.3, -0.25) is 9.59 Å². The Kier molecular flexibility index (Phi) is 2.21. The van der Waals surface area contributed by atoms with Crippen molar-refractivity contribution in [1.29, 1.82) is 0 Å². The Bertz CT molecular complexity index is 1440. The van der Waals surface area contributed by atoms with Crippen molar-refractivity contribution in [2.24, 2.45) is 0 Å². The van der Waals surface area contributed by atoms with Crippen molar-refractivity contribution in [1.82, 2.24) is 0 Å². The summed E-state index contributed by atoms with van der Waals surface area (Å²) in [6.45, 7) is 0. The van der Waals surface area contributed by atoms with Crippen LogP contribution in [0.1, 0.15) is 11.1 Å². The van der Waals surface area contributed by atoms with Gasteiger partial charge in [0.1, 0.15) is 0 Å². The van der Waals surface area contributed by atoms with Crippen molar-refractivity contribution in [3.63, 3.8) is 0 Å².